The summed E-state index contributed by atoms with van der Waals surface area (Å²) in [5.41, 5.74) is 4.27. The van der Waals surface area contributed by atoms with Gasteiger partial charge in [-0.05, 0) is 60.5 Å². The molecule has 7 nitrogen and oxygen atoms in total. The van der Waals surface area contributed by atoms with E-state index in [1.54, 1.807) is 42.5 Å². The zero-order valence-corrected chi connectivity index (χ0v) is 19.4. The summed E-state index contributed by atoms with van der Waals surface area (Å²) >= 11 is 7.60. The van der Waals surface area contributed by atoms with Crippen LogP contribution in [0.25, 0.3) is 10.1 Å². The van der Waals surface area contributed by atoms with Crippen LogP contribution < -0.4 is 15.5 Å². The molecular weight excluding hydrogens is 474 g/mol. The molecule has 0 radical (unpaired) electrons. The number of esters is 1. The van der Waals surface area contributed by atoms with Crippen LogP contribution in [0.15, 0.2) is 77.9 Å². The normalized spacial score (nSPS) is 10.9. The highest BCUT2D eigenvalue weighted by molar-refractivity contribution is 7.21. The number of nitrogens with one attached hydrogen (secondary N) is 2. The molecule has 2 amide bonds. The maximum absolute atomic E-state index is 12.5. The van der Waals surface area contributed by atoms with E-state index >= 15 is 0 Å². The standard InChI is InChI=1S/C25H18ClN3O4S/c1-15-5-4-6-17(13-15)28-23(30)24(31)29-27-14-16-9-11-18(12-10-16)33-25(32)22-21(26)19-7-2-3-8-20(19)34-22/h2-14H,1H3,(H,28,30)(H,29,31)/b27-14-. The molecule has 0 aliphatic carbocycles. The number of hydrazone groups is 1. The molecule has 3 aromatic carbocycles. The number of carbonyl (C=O) groups is 3. The van der Waals surface area contributed by atoms with Crippen molar-refractivity contribution >= 4 is 62.7 Å². The van der Waals surface area contributed by atoms with Crippen molar-refractivity contribution in [2.45, 2.75) is 6.92 Å². The summed E-state index contributed by atoms with van der Waals surface area (Å²) in [6, 6.07) is 21.0. The fourth-order valence-electron chi connectivity index (χ4n) is 3.05. The highest BCUT2D eigenvalue weighted by Crippen LogP contribution is 2.35. The summed E-state index contributed by atoms with van der Waals surface area (Å²) in [7, 11) is 0. The van der Waals surface area contributed by atoms with Gasteiger partial charge in [0.15, 0.2) is 0 Å². The zero-order chi connectivity index (χ0) is 24.1. The maximum Gasteiger partial charge on any atom is 0.355 e. The lowest BCUT2D eigenvalue weighted by Gasteiger charge is -2.05. The van der Waals surface area contributed by atoms with Gasteiger partial charge in [-0.1, -0.05) is 41.9 Å². The Balaban J connectivity index is 1.32. The largest absolute Gasteiger partial charge is 0.422 e. The van der Waals surface area contributed by atoms with Crippen LogP contribution >= 0.6 is 22.9 Å². The minimum absolute atomic E-state index is 0.331. The van der Waals surface area contributed by atoms with Crippen LogP contribution in [-0.2, 0) is 9.59 Å². The van der Waals surface area contributed by atoms with Gasteiger partial charge in [-0.15, -0.1) is 11.3 Å². The van der Waals surface area contributed by atoms with Crippen molar-refractivity contribution < 1.29 is 19.1 Å². The van der Waals surface area contributed by atoms with E-state index in [-0.39, 0.29) is 0 Å². The summed E-state index contributed by atoms with van der Waals surface area (Å²) in [5, 5.41) is 7.47. The minimum Gasteiger partial charge on any atom is -0.422 e. The number of benzene rings is 3. The van der Waals surface area contributed by atoms with Gasteiger partial charge in [0, 0.05) is 15.8 Å². The second-order valence-corrected chi connectivity index (χ2v) is 8.65. The van der Waals surface area contributed by atoms with E-state index in [9.17, 15) is 14.4 Å². The monoisotopic (exact) mass is 491 g/mol. The van der Waals surface area contributed by atoms with Crippen LogP contribution in [0.3, 0.4) is 0 Å². The molecule has 0 saturated heterocycles. The van der Waals surface area contributed by atoms with E-state index in [0.29, 0.717) is 26.9 Å². The second kappa shape index (κ2) is 10.3. The SMILES string of the molecule is Cc1cccc(NC(=O)C(=O)N/N=C\c2ccc(OC(=O)c3sc4ccccc4c3Cl)cc2)c1. The molecule has 34 heavy (non-hydrogen) atoms. The molecule has 4 rings (SSSR count). The summed E-state index contributed by atoms with van der Waals surface area (Å²) in [4.78, 5) is 36.8. The first-order valence-electron chi connectivity index (χ1n) is 10.1. The van der Waals surface area contributed by atoms with Crippen LogP contribution in [0.2, 0.25) is 5.02 Å². The van der Waals surface area contributed by atoms with Gasteiger partial charge in [0.05, 0.1) is 11.2 Å². The van der Waals surface area contributed by atoms with Crippen molar-refractivity contribution in [2.24, 2.45) is 5.10 Å². The average Bonchev–Trinajstić information content (AvgIpc) is 3.17. The number of hydrogen-bond acceptors (Lipinski definition) is 6. The smallest absolute Gasteiger partial charge is 0.355 e. The van der Waals surface area contributed by atoms with Gasteiger partial charge in [0.1, 0.15) is 10.6 Å². The molecular formula is C25H18ClN3O4S. The Morgan fingerprint density at radius 3 is 2.47 bits per heavy atom. The third-order valence-electron chi connectivity index (χ3n) is 4.67. The van der Waals surface area contributed by atoms with E-state index < -0.39 is 17.8 Å². The number of halogens is 1. The number of anilines is 1. The molecule has 0 aliphatic rings. The van der Waals surface area contributed by atoms with Gasteiger partial charge >= 0.3 is 17.8 Å². The van der Waals surface area contributed by atoms with Crippen molar-refractivity contribution in [1.82, 2.24) is 5.43 Å². The first-order chi connectivity index (χ1) is 16.4. The Morgan fingerprint density at radius 1 is 0.971 bits per heavy atom. The molecule has 9 heteroatoms. The molecule has 2 N–H and O–H groups in total. The molecule has 170 valence electrons. The first-order valence-corrected chi connectivity index (χ1v) is 11.3. The van der Waals surface area contributed by atoms with Gasteiger partial charge in [0.2, 0.25) is 0 Å². The van der Waals surface area contributed by atoms with E-state index in [1.165, 1.54) is 17.6 Å². The Kier molecular flexibility index (Phi) is 7.01. The molecule has 0 fully saturated rings. The van der Waals surface area contributed by atoms with Crippen LogP contribution in [0, 0.1) is 6.92 Å². The van der Waals surface area contributed by atoms with Crippen molar-refractivity contribution in [3.8, 4) is 5.75 Å². The Labute approximate surface area is 204 Å². The summed E-state index contributed by atoms with van der Waals surface area (Å²) < 4.78 is 6.33. The number of aryl methyl sites for hydroxylation is 1. The van der Waals surface area contributed by atoms with Gasteiger partial charge in [0.25, 0.3) is 0 Å². The predicted molar refractivity (Wildman–Crippen MR) is 134 cm³/mol. The first kappa shape index (κ1) is 23.2. The third-order valence-corrected chi connectivity index (χ3v) is 6.33. The van der Waals surface area contributed by atoms with Gasteiger partial charge < -0.3 is 10.1 Å². The molecule has 0 aliphatic heterocycles. The average molecular weight is 492 g/mol. The van der Waals surface area contributed by atoms with Crippen LogP contribution in [0.4, 0.5) is 5.69 Å². The number of amides is 2. The molecule has 0 bridgehead atoms. The van der Waals surface area contributed by atoms with Crippen molar-refractivity contribution in [2.75, 3.05) is 5.32 Å². The van der Waals surface area contributed by atoms with E-state index in [4.69, 9.17) is 16.3 Å². The molecule has 1 aromatic heterocycles. The number of ether oxygens (including phenoxy) is 1. The number of rotatable bonds is 5. The quantitative estimate of drug-likeness (QED) is 0.132. The fourth-order valence-corrected chi connectivity index (χ4v) is 4.43. The minimum atomic E-state index is -0.900. The maximum atomic E-state index is 12.5. The Morgan fingerprint density at radius 2 is 1.74 bits per heavy atom. The highest BCUT2D eigenvalue weighted by Gasteiger charge is 2.19. The number of fused-ring (bicyclic) bond motifs is 1. The van der Waals surface area contributed by atoms with E-state index in [1.807, 2.05) is 37.3 Å². The number of nitrogens with zero attached hydrogens (tertiary/aromatic N) is 1. The van der Waals surface area contributed by atoms with E-state index in [0.717, 1.165) is 15.6 Å². The lowest BCUT2D eigenvalue weighted by molar-refractivity contribution is -0.136. The van der Waals surface area contributed by atoms with Crippen molar-refractivity contribution in [3.63, 3.8) is 0 Å². The fraction of sp³-hybridized carbons (Fsp3) is 0.0400. The highest BCUT2D eigenvalue weighted by atomic mass is 35.5. The molecule has 1 heterocycles. The van der Waals surface area contributed by atoms with E-state index in [2.05, 4.69) is 15.8 Å². The molecule has 0 spiro atoms. The summed E-state index contributed by atoms with van der Waals surface area (Å²) in [5.74, 6) is -1.94. The Hall–Kier alpha value is -4.01. The van der Waals surface area contributed by atoms with Crippen molar-refractivity contribution in [3.05, 3.63) is 93.8 Å². The molecule has 0 unspecified atom stereocenters. The number of thiophene rings is 1. The number of hydrogen-bond donors (Lipinski definition) is 2. The van der Waals surface area contributed by atoms with Gasteiger partial charge in [-0.3, -0.25) is 9.59 Å². The van der Waals surface area contributed by atoms with Gasteiger partial charge in [-0.2, -0.15) is 5.10 Å². The Bertz CT molecular complexity index is 1410. The zero-order valence-electron chi connectivity index (χ0n) is 17.9. The van der Waals surface area contributed by atoms with Crippen LogP contribution in [-0.4, -0.2) is 24.0 Å². The van der Waals surface area contributed by atoms with Gasteiger partial charge in [-0.25, -0.2) is 10.2 Å². The third kappa shape index (κ3) is 5.48. The molecule has 0 atom stereocenters. The van der Waals surface area contributed by atoms with Crippen molar-refractivity contribution in [1.29, 1.82) is 0 Å². The predicted octanol–water partition coefficient (Wildman–Crippen LogP) is 5.17. The molecule has 4 aromatic rings. The van der Waals surface area contributed by atoms with Crippen LogP contribution in [0.5, 0.6) is 5.75 Å². The topological polar surface area (TPSA) is 96.9 Å². The van der Waals surface area contributed by atoms with Crippen LogP contribution in [0.1, 0.15) is 20.8 Å². The second-order valence-electron chi connectivity index (χ2n) is 7.22. The number of carbonyl (C=O) groups excluding carboxylic acids is 3. The summed E-state index contributed by atoms with van der Waals surface area (Å²) in [6.07, 6.45) is 1.37. The lowest BCUT2D eigenvalue weighted by Crippen LogP contribution is -2.32. The summed E-state index contributed by atoms with van der Waals surface area (Å²) in [6.45, 7) is 1.88. The molecule has 0 saturated carbocycles. The lowest BCUT2D eigenvalue weighted by atomic mass is 10.2.